The second kappa shape index (κ2) is 6.94. The van der Waals surface area contributed by atoms with Gasteiger partial charge in [0.1, 0.15) is 6.61 Å². The molecule has 0 bridgehead atoms. The van der Waals surface area contributed by atoms with Gasteiger partial charge in [0.05, 0.1) is 6.04 Å². The Morgan fingerprint density at radius 2 is 1.60 bits per heavy atom. The van der Waals surface area contributed by atoms with E-state index >= 15 is 0 Å². The van der Waals surface area contributed by atoms with Gasteiger partial charge in [0, 0.05) is 5.92 Å². The molecule has 2 atom stereocenters. The molecule has 1 amide bonds. The number of fused-ring (bicyclic) bond motifs is 3. The molecule has 0 aromatic heterocycles. The van der Waals surface area contributed by atoms with Crippen LogP contribution >= 0.6 is 0 Å². The summed E-state index contributed by atoms with van der Waals surface area (Å²) in [6.45, 7) is 1.54. The van der Waals surface area contributed by atoms with Crippen LogP contribution in [0.15, 0.2) is 48.5 Å². The summed E-state index contributed by atoms with van der Waals surface area (Å²) in [7, 11) is 0. The van der Waals surface area contributed by atoms with Crippen molar-refractivity contribution in [1.82, 2.24) is 5.32 Å². The Labute approximate surface area is 145 Å². The molecular weight excluding hydrogens is 322 g/mol. The zero-order valence-electron chi connectivity index (χ0n) is 13.7. The number of rotatable bonds is 5. The second-order valence-corrected chi connectivity index (χ2v) is 6.04. The van der Waals surface area contributed by atoms with Crippen molar-refractivity contribution in [3.8, 4) is 11.1 Å². The van der Waals surface area contributed by atoms with E-state index in [9.17, 15) is 14.7 Å². The van der Waals surface area contributed by atoms with Crippen molar-refractivity contribution in [2.45, 2.75) is 25.0 Å². The lowest BCUT2D eigenvalue weighted by molar-refractivity contribution is -0.147. The number of hydrogen-bond acceptors (Lipinski definition) is 4. The molecule has 2 aromatic rings. The number of amides is 1. The van der Waals surface area contributed by atoms with Gasteiger partial charge in [-0.05, 0) is 29.2 Å². The largest absolute Gasteiger partial charge is 0.479 e. The monoisotopic (exact) mass is 341 g/mol. The number of aliphatic hydroxyl groups excluding tert-OH is 1. The minimum Gasteiger partial charge on any atom is -0.479 e. The Morgan fingerprint density at radius 1 is 1.08 bits per heavy atom. The topological polar surface area (TPSA) is 95.9 Å². The SMILES string of the molecule is CC(NC(=O)OCC1c2ccccc2-c2ccccc21)C(O)C(=O)O. The Kier molecular flexibility index (Phi) is 4.72. The first-order valence-corrected chi connectivity index (χ1v) is 8.01. The number of benzene rings is 2. The van der Waals surface area contributed by atoms with Crippen LogP contribution in [-0.2, 0) is 9.53 Å². The summed E-state index contributed by atoms with van der Waals surface area (Å²) in [5.74, 6) is -1.47. The highest BCUT2D eigenvalue weighted by molar-refractivity contribution is 5.79. The number of aliphatic hydroxyl groups is 1. The van der Waals surface area contributed by atoms with Crippen LogP contribution in [0.5, 0.6) is 0 Å². The molecule has 2 unspecified atom stereocenters. The van der Waals surface area contributed by atoms with Crippen LogP contribution in [0.1, 0.15) is 24.0 Å². The van der Waals surface area contributed by atoms with Crippen molar-refractivity contribution >= 4 is 12.1 Å². The number of hydrogen-bond donors (Lipinski definition) is 3. The number of carbonyl (C=O) groups excluding carboxylic acids is 1. The molecule has 0 fully saturated rings. The third-order valence-corrected chi connectivity index (χ3v) is 4.42. The van der Waals surface area contributed by atoms with E-state index in [4.69, 9.17) is 9.84 Å². The Hall–Kier alpha value is -2.86. The molecule has 0 radical (unpaired) electrons. The lowest BCUT2D eigenvalue weighted by atomic mass is 9.98. The van der Waals surface area contributed by atoms with Crippen molar-refractivity contribution < 1.29 is 24.5 Å². The Morgan fingerprint density at radius 3 is 2.12 bits per heavy atom. The van der Waals surface area contributed by atoms with E-state index in [1.165, 1.54) is 6.92 Å². The normalized spacial score (nSPS) is 15.0. The van der Waals surface area contributed by atoms with Gasteiger partial charge < -0.3 is 20.3 Å². The van der Waals surface area contributed by atoms with E-state index in [0.29, 0.717) is 0 Å². The molecule has 3 rings (SSSR count). The van der Waals surface area contributed by atoms with E-state index in [-0.39, 0.29) is 12.5 Å². The molecule has 6 nitrogen and oxygen atoms in total. The van der Waals surface area contributed by atoms with Crippen molar-refractivity contribution in [3.05, 3.63) is 59.7 Å². The molecule has 0 spiro atoms. The first kappa shape index (κ1) is 17.0. The first-order valence-electron chi connectivity index (χ1n) is 8.01. The third-order valence-electron chi connectivity index (χ3n) is 4.42. The molecule has 1 aliphatic carbocycles. The highest BCUT2D eigenvalue weighted by atomic mass is 16.5. The van der Waals surface area contributed by atoms with Crippen molar-refractivity contribution in [2.24, 2.45) is 0 Å². The highest BCUT2D eigenvalue weighted by Crippen LogP contribution is 2.44. The maximum absolute atomic E-state index is 11.9. The molecule has 0 aliphatic heterocycles. The molecule has 25 heavy (non-hydrogen) atoms. The lowest BCUT2D eigenvalue weighted by Crippen LogP contribution is -2.45. The van der Waals surface area contributed by atoms with Gasteiger partial charge in [-0.1, -0.05) is 48.5 Å². The van der Waals surface area contributed by atoms with Crippen LogP contribution in [0.25, 0.3) is 11.1 Å². The highest BCUT2D eigenvalue weighted by Gasteiger charge is 2.29. The summed E-state index contributed by atoms with van der Waals surface area (Å²) in [5.41, 5.74) is 4.44. The number of ether oxygens (including phenoxy) is 1. The Bertz CT molecular complexity index is 758. The summed E-state index contributed by atoms with van der Waals surface area (Å²) in [5, 5.41) is 20.5. The fraction of sp³-hybridized carbons (Fsp3) is 0.263. The van der Waals surface area contributed by atoms with Gasteiger partial charge in [-0.25, -0.2) is 9.59 Å². The molecule has 6 heteroatoms. The van der Waals surface area contributed by atoms with Gasteiger partial charge in [-0.2, -0.15) is 0 Å². The smallest absolute Gasteiger partial charge is 0.407 e. The van der Waals surface area contributed by atoms with E-state index in [2.05, 4.69) is 5.32 Å². The van der Waals surface area contributed by atoms with Crippen LogP contribution in [0, 0.1) is 0 Å². The van der Waals surface area contributed by atoms with Crippen LogP contribution in [0.3, 0.4) is 0 Å². The van der Waals surface area contributed by atoms with Gasteiger partial charge >= 0.3 is 12.1 Å². The van der Waals surface area contributed by atoms with Crippen LogP contribution < -0.4 is 5.32 Å². The molecule has 0 saturated carbocycles. The summed E-state index contributed by atoms with van der Waals surface area (Å²) in [4.78, 5) is 22.6. The number of carboxylic acid groups (broad SMARTS) is 1. The summed E-state index contributed by atoms with van der Waals surface area (Å²) in [6, 6.07) is 15.0. The molecule has 3 N–H and O–H groups in total. The van der Waals surface area contributed by atoms with Gasteiger partial charge in [-0.3, -0.25) is 0 Å². The van der Waals surface area contributed by atoms with Crippen LogP contribution in [0.2, 0.25) is 0 Å². The maximum atomic E-state index is 11.9. The van der Waals surface area contributed by atoms with Crippen molar-refractivity contribution in [1.29, 1.82) is 0 Å². The van der Waals surface area contributed by atoms with Crippen LogP contribution in [0.4, 0.5) is 4.79 Å². The number of carbonyl (C=O) groups is 2. The molecule has 130 valence electrons. The maximum Gasteiger partial charge on any atom is 0.407 e. The number of alkyl carbamates (subject to hydrolysis) is 1. The minimum absolute atomic E-state index is 0.0714. The van der Waals surface area contributed by atoms with Crippen molar-refractivity contribution in [3.63, 3.8) is 0 Å². The quantitative estimate of drug-likeness (QED) is 0.776. The van der Waals surface area contributed by atoms with Gasteiger partial charge in [0.25, 0.3) is 0 Å². The fourth-order valence-electron chi connectivity index (χ4n) is 3.12. The summed E-state index contributed by atoms with van der Waals surface area (Å²) < 4.78 is 5.29. The zero-order chi connectivity index (χ0) is 18.0. The molecule has 2 aromatic carbocycles. The van der Waals surface area contributed by atoms with Crippen LogP contribution in [-0.4, -0.2) is 41.0 Å². The second-order valence-electron chi connectivity index (χ2n) is 6.04. The predicted octanol–water partition coefficient (Wildman–Crippen LogP) is 2.36. The lowest BCUT2D eigenvalue weighted by Gasteiger charge is -2.18. The van der Waals surface area contributed by atoms with Gasteiger partial charge in [0.15, 0.2) is 6.10 Å². The van der Waals surface area contributed by atoms with E-state index in [1.807, 2.05) is 48.5 Å². The van der Waals surface area contributed by atoms with E-state index in [1.54, 1.807) is 0 Å². The minimum atomic E-state index is -1.68. The third kappa shape index (κ3) is 3.34. The van der Waals surface area contributed by atoms with Crippen molar-refractivity contribution in [2.75, 3.05) is 6.61 Å². The summed E-state index contributed by atoms with van der Waals surface area (Å²) >= 11 is 0. The first-order chi connectivity index (χ1) is 12.0. The summed E-state index contributed by atoms with van der Waals surface area (Å²) in [6.07, 6.45) is -2.44. The average Bonchev–Trinajstić information content (AvgIpc) is 2.93. The number of nitrogens with one attached hydrogen (secondary N) is 1. The van der Waals surface area contributed by atoms with E-state index in [0.717, 1.165) is 22.3 Å². The van der Waals surface area contributed by atoms with Gasteiger partial charge in [-0.15, -0.1) is 0 Å². The average molecular weight is 341 g/mol. The zero-order valence-corrected chi connectivity index (χ0v) is 13.7. The molecular formula is C19H19NO5. The number of carboxylic acids is 1. The van der Waals surface area contributed by atoms with E-state index < -0.39 is 24.2 Å². The number of aliphatic carboxylic acids is 1. The molecule has 0 heterocycles. The predicted molar refractivity (Wildman–Crippen MR) is 91.3 cm³/mol. The van der Waals surface area contributed by atoms with Gasteiger partial charge in [0.2, 0.25) is 0 Å². The standard InChI is InChI=1S/C19H19NO5/c1-11(17(21)18(22)23)20-19(24)25-10-16-14-8-4-2-6-12(14)13-7-3-5-9-15(13)16/h2-9,11,16-17,21H,10H2,1H3,(H,20,24)(H,22,23). The molecule has 1 aliphatic rings. The Balaban J connectivity index is 1.69. The fourth-order valence-corrected chi connectivity index (χ4v) is 3.12. The molecule has 0 saturated heterocycles.